The second-order valence-electron chi connectivity index (χ2n) is 5.12. The van der Waals surface area contributed by atoms with Crippen molar-refractivity contribution in [3.63, 3.8) is 0 Å². The number of ether oxygens (including phenoxy) is 2. The van der Waals surface area contributed by atoms with Gasteiger partial charge in [0.2, 0.25) is 0 Å². The van der Waals surface area contributed by atoms with Crippen LogP contribution in [0.5, 0.6) is 5.75 Å². The molecule has 19 heavy (non-hydrogen) atoms. The first kappa shape index (κ1) is 15.9. The van der Waals surface area contributed by atoms with E-state index in [9.17, 15) is 4.39 Å². The van der Waals surface area contributed by atoms with Crippen molar-refractivity contribution in [1.29, 1.82) is 0 Å². The standard InChI is InChI=1S/C15H24FNO2/c1-11(2)6-7-18-8-9-19-13-4-5-14(12(3)17)15(16)10-13/h4-5,10-12H,6-9,17H2,1-3H3/t12-/m1/s1. The van der Waals surface area contributed by atoms with Gasteiger partial charge in [-0.15, -0.1) is 0 Å². The third-order valence-corrected chi connectivity index (χ3v) is 2.80. The first-order valence-electron chi connectivity index (χ1n) is 6.76. The summed E-state index contributed by atoms with van der Waals surface area (Å²) < 4.78 is 24.5. The topological polar surface area (TPSA) is 44.5 Å². The van der Waals surface area contributed by atoms with Crippen molar-refractivity contribution in [2.45, 2.75) is 33.2 Å². The molecule has 4 heteroatoms. The molecule has 1 rings (SSSR count). The van der Waals surface area contributed by atoms with Gasteiger partial charge in [0, 0.05) is 24.3 Å². The molecular weight excluding hydrogens is 245 g/mol. The van der Waals surface area contributed by atoms with Gasteiger partial charge in [-0.3, -0.25) is 0 Å². The van der Waals surface area contributed by atoms with E-state index >= 15 is 0 Å². The average Bonchev–Trinajstić information content (AvgIpc) is 2.32. The third kappa shape index (κ3) is 6.03. The van der Waals surface area contributed by atoms with E-state index in [0.717, 1.165) is 13.0 Å². The van der Waals surface area contributed by atoms with Gasteiger partial charge >= 0.3 is 0 Å². The zero-order chi connectivity index (χ0) is 14.3. The summed E-state index contributed by atoms with van der Waals surface area (Å²) in [4.78, 5) is 0. The number of benzene rings is 1. The lowest BCUT2D eigenvalue weighted by molar-refractivity contribution is 0.0924. The van der Waals surface area contributed by atoms with Gasteiger partial charge in [-0.2, -0.15) is 0 Å². The van der Waals surface area contributed by atoms with Crippen LogP contribution in [0.15, 0.2) is 18.2 Å². The number of nitrogens with two attached hydrogens (primary N) is 1. The molecule has 0 saturated heterocycles. The number of hydrogen-bond acceptors (Lipinski definition) is 3. The Kier molecular flexibility index (Phi) is 6.81. The fraction of sp³-hybridized carbons (Fsp3) is 0.600. The molecule has 0 spiro atoms. The molecule has 0 aliphatic carbocycles. The molecule has 0 aliphatic rings. The van der Waals surface area contributed by atoms with E-state index in [2.05, 4.69) is 13.8 Å². The summed E-state index contributed by atoms with van der Waals surface area (Å²) in [5.74, 6) is 0.823. The van der Waals surface area contributed by atoms with Crippen LogP contribution in [0.1, 0.15) is 38.8 Å². The lowest BCUT2D eigenvalue weighted by Crippen LogP contribution is -2.10. The highest BCUT2D eigenvalue weighted by Gasteiger charge is 2.07. The minimum absolute atomic E-state index is 0.312. The van der Waals surface area contributed by atoms with Gasteiger partial charge in [0.1, 0.15) is 18.2 Å². The highest BCUT2D eigenvalue weighted by atomic mass is 19.1. The van der Waals surface area contributed by atoms with Crippen LogP contribution in [0.25, 0.3) is 0 Å². The van der Waals surface area contributed by atoms with Crippen molar-refractivity contribution in [2.24, 2.45) is 11.7 Å². The van der Waals surface area contributed by atoms with Crippen molar-refractivity contribution in [2.75, 3.05) is 19.8 Å². The molecule has 2 N–H and O–H groups in total. The molecule has 1 aromatic carbocycles. The van der Waals surface area contributed by atoms with Gasteiger partial charge in [0.05, 0.1) is 6.61 Å². The Balaban J connectivity index is 2.28. The van der Waals surface area contributed by atoms with E-state index in [1.165, 1.54) is 6.07 Å². The zero-order valence-electron chi connectivity index (χ0n) is 12.0. The molecule has 108 valence electrons. The summed E-state index contributed by atoms with van der Waals surface area (Å²) in [6, 6.07) is 4.45. The number of rotatable bonds is 8. The Morgan fingerprint density at radius 2 is 1.89 bits per heavy atom. The van der Waals surface area contributed by atoms with Crippen LogP contribution in [0.2, 0.25) is 0 Å². The summed E-state index contributed by atoms with van der Waals surface area (Å²) in [7, 11) is 0. The summed E-state index contributed by atoms with van der Waals surface area (Å²) in [6.45, 7) is 7.74. The summed E-state index contributed by atoms with van der Waals surface area (Å²) >= 11 is 0. The lowest BCUT2D eigenvalue weighted by atomic mass is 10.1. The third-order valence-electron chi connectivity index (χ3n) is 2.80. The molecule has 1 atom stereocenters. The van der Waals surface area contributed by atoms with Crippen molar-refractivity contribution in [3.8, 4) is 5.75 Å². The SMILES string of the molecule is CC(C)CCOCCOc1ccc([C@@H](C)N)c(F)c1. The summed E-state index contributed by atoms with van der Waals surface area (Å²) in [5, 5.41) is 0. The fourth-order valence-corrected chi connectivity index (χ4v) is 1.61. The minimum atomic E-state index is -0.326. The van der Waals surface area contributed by atoms with Crippen molar-refractivity contribution >= 4 is 0 Å². The molecule has 1 aromatic rings. The minimum Gasteiger partial charge on any atom is -0.491 e. The molecular formula is C15H24FNO2. The van der Waals surface area contributed by atoms with Crippen molar-refractivity contribution in [1.82, 2.24) is 0 Å². The van der Waals surface area contributed by atoms with Crippen LogP contribution in [-0.4, -0.2) is 19.8 Å². The second-order valence-corrected chi connectivity index (χ2v) is 5.12. The van der Waals surface area contributed by atoms with Crippen molar-refractivity contribution < 1.29 is 13.9 Å². The molecule has 0 fully saturated rings. The molecule has 0 aliphatic heterocycles. The lowest BCUT2D eigenvalue weighted by Gasteiger charge is -2.11. The molecule has 0 aromatic heterocycles. The van der Waals surface area contributed by atoms with E-state index in [0.29, 0.717) is 30.4 Å². The Bertz CT molecular complexity index is 380. The van der Waals surface area contributed by atoms with Crippen LogP contribution >= 0.6 is 0 Å². The largest absolute Gasteiger partial charge is 0.491 e. The average molecular weight is 269 g/mol. The molecule has 0 unspecified atom stereocenters. The van der Waals surface area contributed by atoms with Crippen molar-refractivity contribution in [3.05, 3.63) is 29.6 Å². The second kappa shape index (κ2) is 8.12. The van der Waals surface area contributed by atoms with Gasteiger partial charge in [0.15, 0.2) is 0 Å². The maximum Gasteiger partial charge on any atom is 0.131 e. The van der Waals surface area contributed by atoms with Crippen LogP contribution in [0.4, 0.5) is 4.39 Å². The van der Waals surface area contributed by atoms with Crippen LogP contribution in [0, 0.1) is 11.7 Å². The van der Waals surface area contributed by atoms with Crippen LogP contribution < -0.4 is 10.5 Å². The number of halogens is 1. The van der Waals surface area contributed by atoms with E-state index < -0.39 is 0 Å². The molecule has 0 amide bonds. The summed E-state index contributed by atoms with van der Waals surface area (Å²) in [6.07, 6.45) is 1.04. The Labute approximate surface area is 114 Å². The van der Waals surface area contributed by atoms with Crippen LogP contribution in [0.3, 0.4) is 0 Å². The van der Waals surface area contributed by atoms with E-state index in [1.807, 2.05) is 0 Å². The zero-order valence-corrected chi connectivity index (χ0v) is 12.0. The Morgan fingerprint density at radius 3 is 2.47 bits per heavy atom. The maximum absolute atomic E-state index is 13.6. The molecule has 0 saturated carbocycles. The first-order valence-corrected chi connectivity index (χ1v) is 6.76. The maximum atomic E-state index is 13.6. The van der Waals surface area contributed by atoms with Crippen LogP contribution in [-0.2, 0) is 4.74 Å². The smallest absolute Gasteiger partial charge is 0.131 e. The first-order chi connectivity index (χ1) is 9.00. The number of hydrogen-bond donors (Lipinski definition) is 1. The molecule has 0 radical (unpaired) electrons. The highest BCUT2D eigenvalue weighted by Crippen LogP contribution is 2.20. The van der Waals surface area contributed by atoms with Gasteiger partial charge in [-0.1, -0.05) is 19.9 Å². The van der Waals surface area contributed by atoms with Gasteiger partial charge in [-0.25, -0.2) is 4.39 Å². The molecule has 3 nitrogen and oxygen atoms in total. The predicted molar refractivity (Wildman–Crippen MR) is 74.8 cm³/mol. The molecule has 0 bridgehead atoms. The van der Waals surface area contributed by atoms with Gasteiger partial charge < -0.3 is 15.2 Å². The monoisotopic (exact) mass is 269 g/mol. The highest BCUT2D eigenvalue weighted by molar-refractivity contribution is 5.30. The quantitative estimate of drug-likeness (QED) is 0.736. The van der Waals surface area contributed by atoms with E-state index in [1.54, 1.807) is 19.1 Å². The van der Waals surface area contributed by atoms with E-state index in [-0.39, 0.29) is 11.9 Å². The fourth-order valence-electron chi connectivity index (χ4n) is 1.61. The van der Waals surface area contributed by atoms with Gasteiger partial charge in [-0.05, 0) is 25.3 Å². The van der Waals surface area contributed by atoms with E-state index in [4.69, 9.17) is 15.2 Å². The van der Waals surface area contributed by atoms with Gasteiger partial charge in [0.25, 0.3) is 0 Å². The normalized spacial score (nSPS) is 12.7. The molecule has 0 heterocycles. The Hall–Kier alpha value is -1.13. The summed E-state index contributed by atoms with van der Waals surface area (Å²) in [5.41, 5.74) is 6.14. The predicted octanol–water partition coefficient (Wildman–Crippen LogP) is 3.29. The Morgan fingerprint density at radius 1 is 1.16 bits per heavy atom.